The topological polar surface area (TPSA) is 149 Å². The van der Waals surface area contributed by atoms with Gasteiger partial charge in [0, 0.05) is 80.7 Å². The van der Waals surface area contributed by atoms with Gasteiger partial charge < -0.3 is 34.8 Å². The summed E-state index contributed by atoms with van der Waals surface area (Å²) in [5.41, 5.74) is 12.4. The molecular weight excluding hydrogens is 813 g/mol. The van der Waals surface area contributed by atoms with Gasteiger partial charge in [0.15, 0.2) is 5.78 Å². The number of hydrogen-bond acceptors (Lipinski definition) is 7. The number of H-pyrrole nitrogens is 3. The molecule has 5 heterocycles. The van der Waals surface area contributed by atoms with E-state index in [0.717, 1.165) is 93.0 Å². The zero-order chi connectivity index (χ0) is 47.1. The highest BCUT2D eigenvalue weighted by atomic mass is 16.5. The average Bonchev–Trinajstić information content (AvgIpc) is 4.02. The van der Waals surface area contributed by atoms with Crippen LogP contribution in [-0.2, 0) is 25.5 Å². The third-order valence-corrected chi connectivity index (χ3v) is 14.8. The minimum Gasteiger partial charge on any atom is -0.468 e. The van der Waals surface area contributed by atoms with Crippen molar-refractivity contribution in [1.82, 2.24) is 20.3 Å². The van der Waals surface area contributed by atoms with Crippen LogP contribution in [0.1, 0.15) is 173 Å². The van der Waals surface area contributed by atoms with E-state index in [-0.39, 0.29) is 43.2 Å². The Balaban J connectivity index is 1.19. The van der Waals surface area contributed by atoms with Crippen LogP contribution in [0, 0.1) is 56.3 Å². The van der Waals surface area contributed by atoms with Crippen LogP contribution in [-0.4, -0.2) is 58.1 Å². The zero-order valence-corrected chi connectivity index (χ0v) is 40.9. The largest absolute Gasteiger partial charge is 0.468 e. The monoisotopic (exact) mass is 889 g/mol. The number of aromatic nitrogens is 3. The molecule has 6 rings (SSSR count). The van der Waals surface area contributed by atoms with E-state index in [1.54, 1.807) is 0 Å². The standard InChI is InChI=1S/C55H76N4O6/c1-12-39-35(7)42-27-44-37(9)41(23-24-48(61)65-26-25-33(5)21-15-19-31(3)17-14-18-32(4)20-16-22-34(6)30-60)52(58-44)50-51(55(63)64-11)54(62)49-38(10)45(59-53(49)50)29-47-40(13-2)36(8)43(57-47)28-46(39)56-42/h12,25,27-29,31-32,34,37,41,51,56-60H,1,13-24,26,30H2,2-11H3/b33-25+,43-28-,44-27-,47-29-,52-50-/t31-,32+,34+,37+,41+,51-/m1/s1. The molecule has 352 valence electrons. The first-order chi connectivity index (χ1) is 31.1. The molecule has 10 nitrogen and oxygen atoms in total. The predicted molar refractivity (Wildman–Crippen MR) is 263 cm³/mol. The number of carbonyl (C=O) groups excluding carboxylic acids is 3. The first kappa shape index (κ1) is 49.3. The van der Waals surface area contributed by atoms with E-state index >= 15 is 0 Å². The molecular formula is C55H76N4O6. The van der Waals surface area contributed by atoms with Gasteiger partial charge in [-0.05, 0) is 124 Å². The molecule has 5 N–H and O–H groups in total. The number of Topliss-reactive ketones (excluding diaryl/α,β-unsaturated/α-hetero) is 1. The molecule has 0 amide bonds. The summed E-state index contributed by atoms with van der Waals surface area (Å²) in [7, 11) is 1.32. The van der Waals surface area contributed by atoms with Gasteiger partial charge in [0.25, 0.3) is 0 Å². The Hall–Kier alpha value is -5.09. The highest BCUT2D eigenvalue weighted by Gasteiger charge is 2.48. The summed E-state index contributed by atoms with van der Waals surface area (Å²) in [5, 5.41) is 14.9. The number of aliphatic hydroxyl groups is 1. The SMILES string of the molecule is C=Cc1c2[nH]c(c1C)/C=C1\N/C(=C3\c4[nH]c(c(C)c4C(=O)[C@@H]3C(=O)OC)/C=c3\[nH]/c(c(C)c3CC)=C\2)[C@@H](CCC(=O)OC/C=C(\C)CCC[C@H](C)CCC[C@H](C)CCC[C@H](C)CO)[C@@H]1C. The lowest BCUT2D eigenvalue weighted by molar-refractivity contribution is -0.143. The average molecular weight is 889 g/mol. The van der Waals surface area contributed by atoms with Gasteiger partial charge in [-0.3, -0.25) is 14.4 Å². The molecule has 65 heavy (non-hydrogen) atoms. The summed E-state index contributed by atoms with van der Waals surface area (Å²) in [6.07, 6.45) is 22.3. The lowest BCUT2D eigenvalue weighted by atomic mass is 9.85. The molecule has 6 atom stereocenters. The second kappa shape index (κ2) is 21.9. The first-order valence-corrected chi connectivity index (χ1v) is 24.4. The third kappa shape index (κ3) is 11.0. The van der Waals surface area contributed by atoms with Crippen LogP contribution in [0.3, 0.4) is 0 Å². The maximum atomic E-state index is 14.4. The second-order valence-corrected chi connectivity index (χ2v) is 19.6. The van der Waals surface area contributed by atoms with Crippen molar-refractivity contribution >= 4 is 47.6 Å². The molecule has 0 aromatic carbocycles. The number of rotatable bonds is 21. The third-order valence-electron chi connectivity index (χ3n) is 14.8. The number of nitrogens with one attached hydrogen (secondary N) is 4. The van der Waals surface area contributed by atoms with E-state index in [0.29, 0.717) is 35.1 Å². The Morgan fingerprint density at radius 1 is 0.846 bits per heavy atom. The van der Waals surface area contributed by atoms with Crippen molar-refractivity contribution in [2.24, 2.45) is 35.5 Å². The van der Waals surface area contributed by atoms with E-state index in [1.165, 1.54) is 56.8 Å². The van der Waals surface area contributed by atoms with Gasteiger partial charge in [-0.1, -0.05) is 91.4 Å². The Labute approximate surface area is 387 Å². The summed E-state index contributed by atoms with van der Waals surface area (Å²) in [5.74, 6) is -0.828. The van der Waals surface area contributed by atoms with E-state index in [9.17, 15) is 19.5 Å². The van der Waals surface area contributed by atoms with Crippen molar-refractivity contribution in [3.8, 4) is 0 Å². The maximum Gasteiger partial charge on any atom is 0.321 e. The van der Waals surface area contributed by atoms with Gasteiger partial charge in [0.05, 0.1) is 12.8 Å². The van der Waals surface area contributed by atoms with E-state index in [4.69, 9.17) is 9.47 Å². The van der Waals surface area contributed by atoms with Gasteiger partial charge in [0.1, 0.15) is 12.5 Å². The minimum absolute atomic E-state index is 0.0954. The van der Waals surface area contributed by atoms with Crippen LogP contribution in [0.2, 0.25) is 0 Å². The van der Waals surface area contributed by atoms with E-state index in [2.05, 4.69) is 100 Å². The smallest absolute Gasteiger partial charge is 0.321 e. The molecule has 1 fully saturated rings. The van der Waals surface area contributed by atoms with Crippen molar-refractivity contribution in [3.63, 3.8) is 0 Å². The summed E-state index contributed by atoms with van der Waals surface area (Å²) >= 11 is 0. The molecule has 10 heteroatoms. The summed E-state index contributed by atoms with van der Waals surface area (Å²) in [4.78, 5) is 52.4. The van der Waals surface area contributed by atoms with Crippen molar-refractivity contribution in [3.05, 3.63) is 96.5 Å². The Kier molecular flexibility index (Phi) is 16.6. The van der Waals surface area contributed by atoms with Crippen LogP contribution in [0.5, 0.6) is 0 Å². The summed E-state index contributed by atoms with van der Waals surface area (Å²) in [6.45, 7) is 24.0. The molecule has 0 saturated carbocycles. The Morgan fingerprint density at radius 2 is 1.49 bits per heavy atom. The van der Waals surface area contributed by atoms with Crippen molar-refractivity contribution in [2.75, 3.05) is 20.3 Å². The molecule has 8 bridgehead atoms. The first-order valence-electron chi connectivity index (χ1n) is 24.4. The summed E-state index contributed by atoms with van der Waals surface area (Å²) in [6, 6.07) is 0. The molecule has 3 aromatic rings. The highest BCUT2D eigenvalue weighted by molar-refractivity contribution is 6.24. The fourth-order valence-electron chi connectivity index (χ4n) is 10.5. The molecule has 3 aliphatic rings. The number of methoxy groups -OCH3 is 1. The zero-order valence-electron chi connectivity index (χ0n) is 40.9. The van der Waals surface area contributed by atoms with Gasteiger partial charge >= 0.3 is 11.9 Å². The number of fused-ring (bicyclic) bond motifs is 7. The molecule has 0 spiro atoms. The number of carbonyl (C=O) groups is 3. The highest BCUT2D eigenvalue weighted by Crippen LogP contribution is 2.48. The molecule has 0 radical (unpaired) electrons. The quantitative estimate of drug-likeness (QED) is 0.0406. The number of hydrogen-bond donors (Lipinski definition) is 5. The second-order valence-electron chi connectivity index (χ2n) is 19.6. The lowest BCUT2D eigenvalue weighted by Gasteiger charge is -2.19. The number of aliphatic hydroxyl groups excluding tert-OH is 1. The lowest BCUT2D eigenvalue weighted by Crippen LogP contribution is -2.25. The molecule has 3 aromatic heterocycles. The van der Waals surface area contributed by atoms with Gasteiger partial charge in [0.2, 0.25) is 0 Å². The van der Waals surface area contributed by atoms with E-state index < -0.39 is 11.9 Å². The summed E-state index contributed by atoms with van der Waals surface area (Å²) < 4.78 is 11.1. The van der Waals surface area contributed by atoms with E-state index in [1.807, 2.05) is 19.1 Å². The molecule has 1 saturated heterocycles. The van der Waals surface area contributed by atoms with Gasteiger partial charge in [-0.25, -0.2) is 0 Å². The van der Waals surface area contributed by atoms with Crippen molar-refractivity contribution < 1.29 is 29.0 Å². The maximum absolute atomic E-state index is 14.4. The number of esters is 2. The fourth-order valence-corrected chi connectivity index (χ4v) is 10.5. The number of aromatic amines is 3. The van der Waals surface area contributed by atoms with Gasteiger partial charge in [-0.15, -0.1) is 0 Å². The van der Waals surface area contributed by atoms with Crippen LogP contribution in [0.4, 0.5) is 0 Å². The molecule has 1 aliphatic carbocycles. The van der Waals surface area contributed by atoms with Gasteiger partial charge in [-0.2, -0.15) is 0 Å². The predicted octanol–water partition coefficient (Wildman–Crippen LogP) is 10.0. The minimum atomic E-state index is -1.15. The van der Waals surface area contributed by atoms with Crippen molar-refractivity contribution in [1.29, 1.82) is 0 Å². The molecule has 2 aliphatic heterocycles. The van der Waals surface area contributed by atoms with Crippen LogP contribution in [0.25, 0.3) is 29.9 Å². The Bertz CT molecular complexity index is 2470. The van der Waals surface area contributed by atoms with Crippen LogP contribution in [0.15, 0.2) is 29.6 Å². The molecule has 0 unspecified atom stereocenters. The van der Waals surface area contributed by atoms with Crippen molar-refractivity contribution in [2.45, 2.75) is 139 Å². The Morgan fingerprint density at radius 3 is 2.14 bits per heavy atom. The normalized spacial score (nSPS) is 22.3. The number of ketones is 1. The van der Waals surface area contributed by atoms with Crippen LogP contribution < -0.4 is 16.0 Å². The number of ether oxygens (including phenoxy) is 2. The number of allylic oxidation sites excluding steroid dienone is 3. The fraction of sp³-hybridized carbons (Fsp3) is 0.545. The van der Waals surface area contributed by atoms with Crippen LogP contribution >= 0.6 is 0 Å².